The van der Waals surface area contributed by atoms with Gasteiger partial charge in [-0.3, -0.25) is 4.79 Å². The van der Waals surface area contributed by atoms with Crippen LogP contribution in [0.25, 0.3) is 0 Å². The van der Waals surface area contributed by atoms with E-state index in [2.05, 4.69) is 44.5 Å². The van der Waals surface area contributed by atoms with E-state index in [1.165, 1.54) is 31.2 Å². The fourth-order valence-corrected chi connectivity index (χ4v) is 4.64. The summed E-state index contributed by atoms with van der Waals surface area (Å²) in [6, 6.07) is 12.3. The molecular weight excluding hydrogens is 364 g/mol. The second-order valence-corrected chi connectivity index (χ2v) is 8.10. The van der Waals surface area contributed by atoms with Gasteiger partial charge in [-0.25, -0.2) is 4.98 Å². The highest BCUT2D eigenvalue weighted by Gasteiger charge is 2.32. The molecule has 1 atom stereocenters. The lowest BCUT2D eigenvalue weighted by molar-refractivity contribution is -0.126. The van der Waals surface area contributed by atoms with Gasteiger partial charge in [-0.05, 0) is 37.2 Å². The van der Waals surface area contributed by atoms with Crippen LogP contribution in [0.4, 0.5) is 5.95 Å². The molecule has 1 aromatic heterocycles. The number of carbonyl (C=O) groups is 1. The number of hydrogen-bond donors (Lipinski definition) is 1. The van der Waals surface area contributed by atoms with Gasteiger partial charge in [0.25, 0.3) is 0 Å². The first-order valence-electron chi connectivity index (χ1n) is 10.7. The number of nitrogens with zero attached hydrogens (tertiary/aromatic N) is 3. The van der Waals surface area contributed by atoms with Crippen molar-refractivity contribution in [3.8, 4) is 5.88 Å². The van der Waals surface area contributed by atoms with Crippen molar-refractivity contribution in [3.05, 3.63) is 48.2 Å². The van der Waals surface area contributed by atoms with E-state index in [0.29, 0.717) is 17.7 Å². The van der Waals surface area contributed by atoms with Crippen LogP contribution >= 0.6 is 0 Å². The molecule has 154 valence electrons. The predicted molar refractivity (Wildman–Crippen MR) is 113 cm³/mol. The van der Waals surface area contributed by atoms with Crippen molar-refractivity contribution in [2.75, 3.05) is 25.1 Å². The molecule has 1 aliphatic carbocycles. The van der Waals surface area contributed by atoms with Crippen LogP contribution in [0.1, 0.15) is 50.1 Å². The highest BCUT2D eigenvalue weighted by Crippen LogP contribution is 2.36. The summed E-state index contributed by atoms with van der Waals surface area (Å²) in [6.07, 6.45) is 8.28. The summed E-state index contributed by atoms with van der Waals surface area (Å²) >= 11 is 0. The Morgan fingerprint density at radius 2 is 1.83 bits per heavy atom. The quantitative estimate of drug-likeness (QED) is 0.808. The van der Waals surface area contributed by atoms with Crippen LogP contribution in [0.2, 0.25) is 0 Å². The molecule has 6 heteroatoms. The topological polar surface area (TPSA) is 67.3 Å². The largest absolute Gasteiger partial charge is 0.481 e. The molecule has 6 nitrogen and oxygen atoms in total. The van der Waals surface area contributed by atoms with Crippen molar-refractivity contribution in [1.82, 2.24) is 15.3 Å². The number of methoxy groups -OCH3 is 1. The maximum Gasteiger partial charge on any atom is 0.228 e. The first kappa shape index (κ1) is 19.7. The Kier molecular flexibility index (Phi) is 6.27. The van der Waals surface area contributed by atoms with E-state index >= 15 is 0 Å². The van der Waals surface area contributed by atoms with E-state index < -0.39 is 0 Å². The predicted octanol–water partition coefficient (Wildman–Crippen LogP) is 3.75. The number of carbonyl (C=O) groups excluding carboxylic acids is 1. The van der Waals surface area contributed by atoms with Crippen LogP contribution in [0.15, 0.2) is 42.6 Å². The Morgan fingerprint density at radius 1 is 1.10 bits per heavy atom. The molecule has 2 fully saturated rings. The SMILES string of the molecule is COc1ccnc(N2CCC(C(=O)NC(c3ccccc3)C3CCCC3)CC2)n1. The lowest BCUT2D eigenvalue weighted by Crippen LogP contribution is -2.43. The number of piperidine rings is 1. The van der Waals surface area contributed by atoms with E-state index in [0.717, 1.165) is 25.9 Å². The molecule has 1 aromatic carbocycles. The number of aromatic nitrogens is 2. The van der Waals surface area contributed by atoms with Gasteiger partial charge in [-0.2, -0.15) is 4.98 Å². The molecule has 1 N–H and O–H groups in total. The average molecular weight is 395 g/mol. The molecule has 1 aliphatic heterocycles. The van der Waals surface area contributed by atoms with Gasteiger partial charge in [0.2, 0.25) is 17.7 Å². The first-order valence-corrected chi connectivity index (χ1v) is 10.7. The lowest BCUT2D eigenvalue weighted by Gasteiger charge is -2.33. The third-order valence-electron chi connectivity index (χ3n) is 6.30. The molecule has 1 unspecified atom stereocenters. The lowest BCUT2D eigenvalue weighted by atomic mass is 9.89. The van der Waals surface area contributed by atoms with E-state index in [1.807, 2.05) is 6.07 Å². The molecule has 29 heavy (non-hydrogen) atoms. The zero-order chi connectivity index (χ0) is 20.1. The Hall–Kier alpha value is -2.63. The average Bonchev–Trinajstić information content (AvgIpc) is 3.32. The Morgan fingerprint density at radius 3 is 2.52 bits per heavy atom. The molecule has 0 spiro atoms. The second-order valence-electron chi connectivity index (χ2n) is 8.10. The molecular formula is C23H30N4O2. The van der Waals surface area contributed by atoms with Crippen molar-refractivity contribution < 1.29 is 9.53 Å². The number of amides is 1. The Labute approximate surface area is 172 Å². The van der Waals surface area contributed by atoms with Crippen molar-refractivity contribution in [2.24, 2.45) is 11.8 Å². The summed E-state index contributed by atoms with van der Waals surface area (Å²) in [4.78, 5) is 24.0. The number of ether oxygens (including phenoxy) is 1. The maximum atomic E-state index is 13.1. The van der Waals surface area contributed by atoms with Crippen molar-refractivity contribution in [2.45, 2.75) is 44.6 Å². The molecule has 1 amide bonds. The van der Waals surface area contributed by atoms with Crippen LogP contribution in [0.3, 0.4) is 0 Å². The smallest absolute Gasteiger partial charge is 0.228 e. The van der Waals surface area contributed by atoms with Crippen molar-refractivity contribution in [1.29, 1.82) is 0 Å². The standard InChI is InChI=1S/C23H30N4O2/c1-29-20-11-14-24-23(25-20)27-15-12-19(13-16-27)22(28)26-21(18-9-5-6-10-18)17-7-3-2-4-8-17/h2-4,7-8,11,14,18-19,21H,5-6,9-10,12-13,15-16H2,1H3,(H,26,28). The van der Waals surface area contributed by atoms with Gasteiger partial charge in [0.1, 0.15) is 0 Å². The van der Waals surface area contributed by atoms with Crippen molar-refractivity contribution >= 4 is 11.9 Å². The monoisotopic (exact) mass is 394 g/mol. The molecule has 1 saturated carbocycles. The molecule has 2 aromatic rings. The normalized spacial score (nSPS) is 19.1. The van der Waals surface area contributed by atoms with Crippen LogP contribution in [-0.4, -0.2) is 36.1 Å². The number of rotatable bonds is 6. The number of hydrogen-bond acceptors (Lipinski definition) is 5. The Bertz CT molecular complexity index is 800. The summed E-state index contributed by atoms with van der Waals surface area (Å²) in [5.41, 5.74) is 1.23. The van der Waals surface area contributed by atoms with E-state index in [4.69, 9.17) is 4.74 Å². The van der Waals surface area contributed by atoms with Gasteiger partial charge in [0, 0.05) is 31.3 Å². The van der Waals surface area contributed by atoms with Gasteiger partial charge in [-0.15, -0.1) is 0 Å². The number of benzene rings is 1. The minimum atomic E-state index is 0.0458. The van der Waals surface area contributed by atoms with E-state index in [9.17, 15) is 4.79 Å². The fraction of sp³-hybridized carbons (Fsp3) is 0.522. The molecule has 1 saturated heterocycles. The van der Waals surface area contributed by atoms with Gasteiger partial charge < -0.3 is 15.0 Å². The highest BCUT2D eigenvalue weighted by molar-refractivity contribution is 5.79. The van der Waals surface area contributed by atoms with Gasteiger partial charge >= 0.3 is 0 Å². The summed E-state index contributed by atoms with van der Waals surface area (Å²) in [5, 5.41) is 3.41. The van der Waals surface area contributed by atoms with Gasteiger partial charge in [0.15, 0.2) is 0 Å². The molecule has 2 heterocycles. The van der Waals surface area contributed by atoms with Crippen LogP contribution in [0.5, 0.6) is 5.88 Å². The third kappa shape index (κ3) is 4.69. The van der Waals surface area contributed by atoms with E-state index in [1.54, 1.807) is 19.4 Å². The molecule has 2 aliphatic rings. The maximum absolute atomic E-state index is 13.1. The van der Waals surface area contributed by atoms with Crippen LogP contribution in [0, 0.1) is 11.8 Å². The molecule has 0 bridgehead atoms. The number of anilines is 1. The highest BCUT2D eigenvalue weighted by atomic mass is 16.5. The molecule has 0 radical (unpaired) electrons. The summed E-state index contributed by atoms with van der Waals surface area (Å²) in [5.74, 6) is 2.03. The summed E-state index contributed by atoms with van der Waals surface area (Å²) in [7, 11) is 1.61. The van der Waals surface area contributed by atoms with Gasteiger partial charge in [0.05, 0.1) is 13.2 Å². The van der Waals surface area contributed by atoms with Gasteiger partial charge in [-0.1, -0.05) is 43.2 Å². The first-order chi connectivity index (χ1) is 14.2. The number of nitrogens with one attached hydrogen (secondary N) is 1. The summed E-state index contributed by atoms with van der Waals surface area (Å²) in [6.45, 7) is 1.56. The van der Waals surface area contributed by atoms with Crippen LogP contribution in [-0.2, 0) is 4.79 Å². The minimum absolute atomic E-state index is 0.0458. The fourth-order valence-electron chi connectivity index (χ4n) is 4.64. The van der Waals surface area contributed by atoms with Crippen molar-refractivity contribution in [3.63, 3.8) is 0 Å². The minimum Gasteiger partial charge on any atom is -0.481 e. The molecule has 4 rings (SSSR count). The zero-order valence-electron chi connectivity index (χ0n) is 17.1. The van der Waals surface area contributed by atoms with E-state index in [-0.39, 0.29) is 17.9 Å². The zero-order valence-corrected chi connectivity index (χ0v) is 17.1. The second kappa shape index (κ2) is 9.25. The third-order valence-corrected chi connectivity index (χ3v) is 6.30. The Balaban J connectivity index is 1.38. The van der Waals surface area contributed by atoms with Crippen LogP contribution < -0.4 is 15.0 Å². The summed E-state index contributed by atoms with van der Waals surface area (Å²) < 4.78 is 5.20.